The molecule has 0 aromatic carbocycles. The van der Waals surface area contributed by atoms with Gasteiger partial charge in [-0.05, 0) is 34.6 Å². The molecule has 0 aromatic heterocycles. The lowest BCUT2D eigenvalue weighted by molar-refractivity contribution is -0.176. The van der Waals surface area contributed by atoms with E-state index in [9.17, 15) is 0 Å². The molecule has 1 N–H and O–H groups in total. The highest BCUT2D eigenvalue weighted by molar-refractivity contribution is 5.13. The normalized spacial score (nSPS) is 43.4. The fourth-order valence-corrected chi connectivity index (χ4v) is 3.36. The fraction of sp³-hybridized carbons (Fsp3) is 1.00. The highest BCUT2D eigenvalue weighted by Crippen LogP contribution is 2.49. The molecular formula is C12H23NO2. The van der Waals surface area contributed by atoms with Crippen molar-refractivity contribution >= 4 is 0 Å². The van der Waals surface area contributed by atoms with E-state index in [4.69, 9.17) is 9.47 Å². The first-order valence-electron chi connectivity index (χ1n) is 5.87. The van der Waals surface area contributed by atoms with Crippen LogP contribution in [0.1, 0.15) is 41.0 Å². The molecule has 1 spiro atoms. The first-order chi connectivity index (χ1) is 6.79. The highest BCUT2D eigenvalue weighted by atomic mass is 16.6. The van der Waals surface area contributed by atoms with Gasteiger partial charge in [0.05, 0.1) is 17.8 Å². The summed E-state index contributed by atoms with van der Waals surface area (Å²) in [5, 5.41) is 3.50. The van der Waals surface area contributed by atoms with Crippen LogP contribution in [0.4, 0.5) is 0 Å². The lowest BCUT2D eigenvalue weighted by Crippen LogP contribution is -2.64. The van der Waals surface area contributed by atoms with Crippen LogP contribution in [0.25, 0.3) is 0 Å². The van der Waals surface area contributed by atoms with Crippen molar-refractivity contribution in [2.75, 3.05) is 13.2 Å². The Labute approximate surface area is 92.5 Å². The zero-order valence-electron chi connectivity index (χ0n) is 10.5. The van der Waals surface area contributed by atoms with E-state index in [2.05, 4.69) is 39.9 Å². The van der Waals surface area contributed by atoms with Gasteiger partial charge in [-0.25, -0.2) is 0 Å². The van der Waals surface area contributed by atoms with E-state index in [0.29, 0.717) is 6.04 Å². The molecule has 88 valence electrons. The Hall–Kier alpha value is -0.120. The van der Waals surface area contributed by atoms with Crippen molar-refractivity contribution in [3.8, 4) is 0 Å². The number of rotatable bonds is 0. The first kappa shape index (κ1) is 11.4. The van der Waals surface area contributed by atoms with Crippen molar-refractivity contribution in [3.05, 3.63) is 0 Å². The number of morpholine rings is 1. The molecule has 0 amide bonds. The monoisotopic (exact) mass is 213 g/mol. The Kier molecular flexibility index (Phi) is 2.42. The molecule has 2 aliphatic rings. The number of hydrogen-bond donors (Lipinski definition) is 1. The SMILES string of the molecule is CC1NCCOC12CC(C)(C)OC2(C)C. The van der Waals surface area contributed by atoms with Gasteiger partial charge in [-0.3, -0.25) is 0 Å². The second kappa shape index (κ2) is 3.19. The van der Waals surface area contributed by atoms with Crippen LogP contribution in [-0.4, -0.2) is 36.0 Å². The number of hydrogen-bond acceptors (Lipinski definition) is 3. The molecule has 3 nitrogen and oxygen atoms in total. The van der Waals surface area contributed by atoms with E-state index in [1.165, 1.54) is 0 Å². The van der Waals surface area contributed by atoms with Crippen molar-refractivity contribution in [1.82, 2.24) is 5.32 Å². The van der Waals surface area contributed by atoms with Crippen LogP contribution in [0.3, 0.4) is 0 Å². The number of nitrogens with one attached hydrogen (secondary N) is 1. The molecule has 0 aliphatic carbocycles. The summed E-state index contributed by atoms with van der Waals surface area (Å²) in [5.74, 6) is 0. The molecule has 2 aliphatic heterocycles. The molecule has 0 radical (unpaired) electrons. The zero-order chi connectivity index (χ0) is 11.3. The van der Waals surface area contributed by atoms with Crippen molar-refractivity contribution in [2.45, 2.75) is 63.9 Å². The molecule has 0 aromatic rings. The van der Waals surface area contributed by atoms with Crippen LogP contribution >= 0.6 is 0 Å². The van der Waals surface area contributed by atoms with Gasteiger partial charge in [0, 0.05) is 19.0 Å². The average Bonchev–Trinajstić information content (AvgIpc) is 2.23. The lowest BCUT2D eigenvalue weighted by atomic mass is 9.76. The molecule has 0 bridgehead atoms. The minimum atomic E-state index is -0.219. The molecule has 2 heterocycles. The first-order valence-corrected chi connectivity index (χ1v) is 5.87. The van der Waals surface area contributed by atoms with Gasteiger partial charge >= 0.3 is 0 Å². The van der Waals surface area contributed by atoms with E-state index in [1.54, 1.807) is 0 Å². The van der Waals surface area contributed by atoms with E-state index < -0.39 is 0 Å². The maximum Gasteiger partial charge on any atom is 0.114 e. The quantitative estimate of drug-likeness (QED) is 0.664. The second-order valence-electron chi connectivity index (χ2n) is 5.96. The van der Waals surface area contributed by atoms with Gasteiger partial charge < -0.3 is 14.8 Å². The molecule has 2 fully saturated rings. The van der Waals surface area contributed by atoms with E-state index in [1.807, 2.05) is 0 Å². The van der Waals surface area contributed by atoms with Gasteiger partial charge in [0.25, 0.3) is 0 Å². The summed E-state index contributed by atoms with van der Waals surface area (Å²) in [6, 6.07) is 0.350. The maximum absolute atomic E-state index is 6.13. The molecule has 2 atom stereocenters. The van der Waals surface area contributed by atoms with E-state index >= 15 is 0 Å². The molecule has 2 saturated heterocycles. The summed E-state index contributed by atoms with van der Waals surface area (Å²) in [5.41, 5.74) is -0.477. The van der Waals surface area contributed by atoms with Crippen molar-refractivity contribution in [1.29, 1.82) is 0 Å². The van der Waals surface area contributed by atoms with Crippen molar-refractivity contribution in [2.24, 2.45) is 0 Å². The van der Waals surface area contributed by atoms with Crippen molar-refractivity contribution < 1.29 is 9.47 Å². The fourth-order valence-electron chi connectivity index (χ4n) is 3.36. The molecule has 2 rings (SSSR count). The Bertz CT molecular complexity index is 262. The van der Waals surface area contributed by atoms with Gasteiger partial charge in [-0.2, -0.15) is 0 Å². The van der Waals surface area contributed by atoms with Crippen LogP contribution in [0.5, 0.6) is 0 Å². The van der Waals surface area contributed by atoms with E-state index in [0.717, 1.165) is 19.6 Å². The topological polar surface area (TPSA) is 30.5 Å². The molecule has 3 heteroatoms. The highest BCUT2D eigenvalue weighted by Gasteiger charge is 2.61. The van der Waals surface area contributed by atoms with Crippen LogP contribution in [0.15, 0.2) is 0 Å². The Morgan fingerprint density at radius 2 is 1.87 bits per heavy atom. The summed E-state index contributed by atoms with van der Waals surface area (Å²) in [4.78, 5) is 0. The Morgan fingerprint density at radius 3 is 2.33 bits per heavy atom. The summed E-state index contributed by atoms with van der Waals surface area (Å²) in [7, 11) is 0. The maximum atomic E-state index is 6.13. The standard InChI is InChI=1S/C12H23NO2/c1-9-12(14-7-6-13-9)8-10(2,3)15-11(12,4)5/h9,13H,6-8H2,1-5H3. The molecular weight excluding hydrogens is 190 g/mol. The van der Waals surface area contributed by atoms with Crippen molar-refractivity contribution in [3.63, 3.8) is 0 Å². The third-order valence-corrected chi connectivity index (χ3v) is 3.85. The molecule has 2 unspecified atom stereocenters. The van der Waals surface area contributed by atoms with Gasteiger partial charge in [0.2, 0.25) is 0 Å². The summed E-state index contributed by atoms with van der Waals surface area (Å²) in [6.07, 6.45) is 0.959. The Morgan fingerprint density at radius 1 is 1.20 bits per heavy atom. The largest absolute Gasteiger partial charge is 0.369 e. The third-order valence-electron chi connectivity index (χ3n) is 3.85. The average molecular weight is 213 g/mol. The molecule has 0 saturated carbocycles. The number of ether oxygens (including phenoxy) is 2. The molecule has 15 heavy (non-hydrogen) atoms. The van der Waals surface area contributed by atoms with Gasteiger partial charge in [-0.1, -0.05) is 0 Å². The van der Waals surface area contributed by atoms with Crippen LogP contribution in [-0.2, 0) is 9.47 Å². The van der Waals surface area contributed by atoms with Gasteiger partial charge in [0.15, 0.2) is 0 Å². The van der Waals surface area contributed by atoms with E-state index in [-0.39, 0.29) is 16.8 Å². The third kappa shape index (κ3) is 1.61. The van der Waals surface area contributed by atoms with Gasteiger partial charge in [0.1, 0.15) is 5.60 Å². The Balaban J connectivity index is 2.33. The van der Waals surface area contributed by atoms with Gasteiger partial charge in [-0.15, -0.1) is 0 Å². The smallest absolute Gasteiger partial charge is 0.114 e. The minimum absolute atomic E-state index is 0.0865. The predicted octanol–water partition coefficient (Wildman–Crippen LogP) is 1.71. The summed E-state index contributed by atoms with van der Waals surface area (Å²) >= 11 is 0. The van der Waals surface area contributed by atoms with Crippen LogP contribution < -0.4 is 5.32 Å². The lowest BCUT2D eigenvalue weighted by Gasteiger charge is -2.47. The van der Waals surface area contributed by atoms with Crippen LogP contribution in [0, 0.1) is 0 Å². The van der Waals surface area contributed by atoms with Crippen LogP contribution in [0.2, 0.25) is 0 Å². The minimum Gasteiger partial charge on any atom is -0.369 e. The zero-order valence-corrected chi connectivity index (χ0v) is 10.5. The summed E-state index contributed by atoms with van der Waals surface area (Å²) in [6.45, 7) is 12.5. The predicted molar refractivity (Wildman–Crippen MR) is 60.0 cm³/mol. The summed E-state index contributed by atoms with van der Waals surface area (Å²) < 4.78 is 12.2. The second-order valence-corrected chi connectivity index (χ2v) is 5.96.